The smallest absolute Gasteiger partial charge is 0.289 e. The van der Waals surface area contributed by atoms with E-state index in [1.54, 1.807) is 0 Å². The van der Waals surface area contributed by atoms with Crippen molar-refractivity contribution in [3.8, 4) is 0 Å². The van der Waals surface area contributed by atoms with E-state index in [1.807, 2.05) is 0 Å². The summed E-state index contributed by atoms with van der Waals surface area (Å²) in [6, 6.07) is 5.70. The Bertz CT molecular complexity index is 1000. The highest BCUT2D eigenvalue weighted by Crippen LogP contribution is 2.53. The van der Waals surface area contributed by atoms with E-state index < -0.39 is 20.6 Å². The molecular formula is C22H31N3O5S. The highest BCUT2D eigenvalue weighted by Gasteiger charge is 2.52. The number of rotatable bonds is 4. The van der Waals surface area contributed by atoms with Gasteiger partial charge in [0.1, 0.15) is 0 Å². The molecule has 31 heavy (non-hydrogen) atoms. The number of carbonyl (C=O) groups excluding carboxylic acids is 1. The second-order valence-corrected chi connectivity index (χ2v) is 12.5. The van der Waals surface area contributed by atoms with E-state index in [-0.39, 0.29) is 46.7 Å². The minimum absolute atomic E-state index is 0.147. The molecule has 0 N–H and O–H groups in total. The molecule has 1 amide bonds. The van der Waals surface area contributed by atoms with Crippen LogP contribution in [0.15, 0.2) is 29.2 Å². The topological polar surface area (TPSA) is 101 Å². The number of fused-ring (bicyclic) bond motifs is 2. The molecular weight excluding hydrogens is 418 g/mol. The maximum Gasteiger partial charge on any atom is 0.289 e. The van der Waals surface area contributed by atoms with Gasteiger partial charge in [0.25, 0.3) is 5.69 Å². The van der Waals surface area contributed by atoms with Gasteiger partial charge in [0, 0.05) is 37.7 Å². The molecule has 1 aliphatic carbocycles. The summed E-state index contributed by atoms with van der Waals surface area (Å²) in [5, 5.41) is 11.3. The fourth-order valence-electron chi connectivity index (χ4n) is 6.26. The zero-order chi connectivity index (χ0) is 22.6. The fourth-order valence-corrected chi connectivity index (χ4v) is 7.89. The van der Waals surface area contributed by atoms with Crippen molar-refractivity contribution in [3.05, 3.63) is 34.4 Å². The lowest BCUT2D eigenvalue weighted by Crippen LogP contribution is -2.46. The number of nitro groups is 1. The summed E-state index contributed by atoms with van der Waals surface area (Å²) in [5.74, 6) is -0.0440. The Labute approximate surface area is 183 Å². The Morgan fingerprint density at radius 1 is 1.13 bits per heavy atom. The van der Waals surface area contributed by atoms with Crippen molar-refractivity contribution in [1.82, 2.24) is 9.21 Å². The molecule has 1 aromatic rings. The van der Waals surface area contributed by atoms with Crippen molar-refractivity contribution in [1.29, 1.82) is 0 Å². The van der Waals surface area contributed by atoms with Gasteiger partial charge < -0.3 is 4.90 Å². The molecule has 8 nitrogen and oxygen atoms in total. The average Bonchev–Trinajstić information content (AvgIpc) is 2.96. The minimum Gasteiger partial charge on any atom is -0.339 e. The van der Waals surface area contributed by atoms with Gasteiger partial charge in [0.2, 0.25) is 15.9 Å². The number of piperidine rings is 1. The minimum atomic E-state index is -3.98. The Balaban J connectivity index is 1.45. The fraction of sp³-hybridized carbons (Fsp3) is 0.682. The van der Waals surface area contributed by atoms with Gasteiger partial charge in [-0.25, -0.2) is 8.42 Å². The second kappa shape index (κ2) is 7.55. The Hall–Kier alpha value is -2.00. The maximum atomic E-state index is 13.3. The first-order valence-electron chi connectivity index (χ1n) is 11.0. The number of hydrogen-bond donors (Lipinski definition) is 0. The van der Waals surface area contributed by atoms with E-state index in [0.717, 1.165) is 25.8 Å². The summed E-state index contributed by atoms with van der Waals surface area (Å²) in [5.41, 5.74) is -0.0201. The number of likely N-dealkylation sites (tertiary alicyclic amines) is 1. The zero-order valence-electron chi connectivity index (χ0n) is 18.4. The maximum absolute atomic E-state index is 13.3. The lowest BCUT2D eigenvalue weighted by molar-refractivity contribution is -0.387. The van der Waals surface area contributed by atoms with Crippen LogP contribution < -0.4 is 0 Å². The lowest BCUT2D eigenvalue weighted by atomic mass is 9.65. The number of hydrogen-bond acceptors (Lipinski definition) is 5. The van der Waals surface area contributed by atoms with E-state index in [2.05, 4.69) is 25.7 Å². The summed E-state index contributed by atoms with van der Waals surface area (Å²) in [7, 11) is -3.98. The summed E-state index contributed by atoms with van der Waals surface area (Å²) < 4.78 is 27.4. The highest BCUT2D eigenvalue weighted by molar-refractivity contribution is 7.89. The molecule has 0 unspecified atom stereocenters. The molecule has 2 atom stereocenters. The number of amides is 1. The van der Waals surface area contributed by atoms with Gasteiger partial charge in [-0.3, -0.25) is 14.9 Å². The van der Waals surface area contributed by atoms with Crippen LogP contribution >= 0.6 is 0 Å². The van der Waals surface area contributed by atoms with Crippen LogP contribution in [0.2, 0.25) is 0 Å². The van der Waals surface area contributed by atoms with Crippen LogP contribution in [0.5, 0.6) is 0 Å². The van der Waals surface area contributed by atoms with Crippen molar-refractivity contribution in [3.63, 3.8) is 0 Å². The van der Waals surface area contributed by atoms with Crippen LogP contribution in [-0.4, -0.2) is 54.1 Å². The van der Waals surface area contributed by atoms with Gasteiger partial charge in [-0.1, -0.05) is 32.9 Å². The monoisotopic (exact) mass is 449 g/mol. The number of para-hydroxylation sites is 1. The SMILES string of the molecule is CC1(C)C[C@@H]2C[C@@](C)(CN2C(=O)C2CCN(S(=O)(=O)c3ccccc3[N+](=O)[O-])CC2)C1. The summed E-state index contributed by atoms with van der Waals surface area (Å²) in [6.45, 7) is 8.01. The third-order valence-electron chi connectivity index (χ3n) is 7.18. The molecule has 2 aliphatic heterocycles. The van der Waals surface area contributed by atoms with Crippen LogP contribution in [0.3, 0.4) is 0 Å². The molecule has 1 saturated carbocycles. The molecule has 0 spiro atoms. The predicted octanol–water partition coefficient (Wildman–Crippen LogP) is 3.42. The van der Waals surface area contributed by atoms with Crippen LogP contribution in [0.4, 0.5) is 5.69 Å². The van der Waals surface area contributed by atoms with E-state index in [9.17, 15) is 23.3 Å². The molecule has 0 aromatic heterocycles. The second-order valence-electron chi connectivity index (χ2n) is 10.6. The van der Waals surface area contributed by atoms with Crippen molar-refractivity contribution in [2.75, 3.05) is 19.6 Å². The van der Waals surface area contributed by atoms with Gasteiger partial charge in [0.05, 0.1) is 4.92 Å². The summed E-state index contributed by atoms with van der Waals surface area (Å²) in [4.78, 5) is 25.7. The van der Waals surface area contributed by atoms with E-state index in [0.29, 0.717) is 12.8 Å². The van der Waals surface area contributed by atoms with Gasteiger partial charge in [-0.15, -0.1) is 0 Å². The van der Waals surface area contributed by atoms with Crippen molar-refractivity contribution in [2.45, 2.75) is 63.8 Å². The highest BCUT2D eigenvalue weighted by atomic mass is 32.2. The summed E-state index contributed by atoms with van der Waals surface area (Å²) in [6.07, 6.45) is 4.07. The van der Waals surface area contributed by atoms with Crippen LogP contribution in [0.1, 0.15) is 52.9 Å². The summed E-state index contributed by atoms with van der Waals surface area (Å²) >= 11 is 0. The quantitative estimate of drug-likeness (QED) is 0.518. The van der Waals surface area contributed by atoms with Gasteiger partial charge in [0.15, 0.2) is 4.90 Å². The normalized spacial score (nSPS) is 29.1. The Kier molecular flexibility index (Phi) is 5.41. The number of nitro benzene ring substituents is 1. The Morgan fingerprint density at radius 2 is 1.77 bits per heavy atom. The molecule has 2 bridgehead atoms. The number of benzene rings is 1. The molecule has 3 fully saturated rings. The predicted molar refractivity (Wildman–Crippen MR) is 116 cm³/mol. The lowest BCUT2D eigenvalue weighted by Gasteiger charge is -2.39. The first-order chi connectivity index (χ1) is 14.4. The Morgan fingerprint density at radius 3 is 2.42 bits per heavy atom. The number of carbonyl (C=O) groups is 1. The number of sulfonamides is 1. The van der Waals surface area contributed by atoms with Crippen molar-refractivity contribution >= 4 is 21.6 Å². The first kappa shape index (κ1) is 22.2. The molecule has 3 aliphatic rings. The molecule has 9 heteroatoms. The molecule has 2 saturated heterocycles. The van der Waals surface area contributed by atoms with Gasteiger partial charge in [-0.05, 0) is 49.0 Å². The first-order valence-corrected chi connectivity index (χ1v) is 12.4. The van der Waals surface area contributed by atoms with Crippen LogP contribution in [0.25, 0.3) is 0 Å². The molecule has 2 heterocycles. The third kappa shape index (κ3) is 4.09. The van der Waals surface area contributed by atoms with Crippen LogP contribution in [-0.2, 0) is 14.8 Å². The van der Waals surface area contributed by atoms with E-state index >= 15 is 0 Å². The van der Waals surface area contributed by atoms with Crippen molar-refractivity contribution in [2.24, 2.45) is 16.7 Å². The molecule has 4 rings (SSSR count). The largest absolute Gasteiger partial charge is 0.339 e. The molecule has 0 radical (unpaired) electrons. The van der Waals surface area contributed by atoms with Crippen LogP contribution in [0, 0.1) is 26.9 Å². The zero-order valence-corrected chi connectivity index (χ0v) is 19.2. The average molecular weight is 450 g/mol. The van der Waals surface area contributed by atoms with Crippen molar-refractivity contribution < 1.29 is 18.1 Å². The van der Waals surface area contributed by atoms with E-state index in [4.69, 9.17) is 0 Å². The van der Waals surface area contributed by atoms with E-state index in [1.165, 1.54) is 28.6 Å². The molecule has 1 aromatic carbocycles. The molecule has 170 valence electrons. The van der Waals surface area contributed by atoms with Gasteiger partial charge >= 0.3 is 0 Å². The van der Waals surface area contributed by atoms with Gasteiger partial charge in [-0.2, -0.15) is 4.31 Å². The third-order valence-corrected chi connectivity index (χ3v) is 9.13. The number of nitrogens with zero attached hydrogens (tertiary/aromatic N) is 3. The standard InChI is InChI=1S/C22H31N3O5S/c1-21(2)12-17-13-22(3,14-21)15-24(17)20(26)16-8-10-23(11-9-16)31(29,30)19-7-5-4-6-18(19)25(27)28/h4-7,16-17H,8-15H2,1-3H3/t17-,22-/m1/s1.